The molecular formula is C21H32ClN3O2. The van der Waals surface area contributed by atoms with Crippen LogP contribution >= 0.6 is 11.6 Å². The fourth-order valence-corrected chi connectivity index (χ4v) is 4.77. The minimum absolute atomic E-state index is 0.0748. The summed E-state index contributed by atoms with van der Waals surface area (Å²) in [5.41, 5.74) is 0.619. The van der Waals surface area contributed by atoms with Crippen LogP contribution in [-0.2, 0) is 0 Å². The second-order valence-electron chi connectivity index (χ2n) is 8.37. The average molecular weight is 394 g/mol. The summed E-state index contributed by atoms with van der Waals surface area (Å²) in [5.74, 6) is 2.91. The van der Waals surface area contributed by atoms with Gasteiger partial charge in [-0.05, 0) is 55.2 Å². The molecule has 27 heavy (non-hydrogen) atoms. The first-order chi connectivity index (χ1) is 12.9. The highest BCUT2D eigenvalue weighted by Gasteiger charge is 2.28. The van der Waals surface area contributed by atoms with Gasteiger partial charge in [-0.3, -0.25) is 0 Å². The number of halogens is 1. The van der Waals surface area contributed by atoms with Crippen LogP contribution in [0.25, 0.3) is 0 Å². The Bertz CT molecular complexity index is 636. The lowest BCUT2D eigenvalue weighted by Gasteiger charge is -2.39. The Hall–Kier alpha value is -1.46. The van der Waals surface area contributed by atoms with Crippen LogP contribution in [0.1, 0.15) is 33.1 Å². The number of hydrogen-bond donors (Lipinski definition) is 1. The zero-order chi connectivity index (χ0) is 19.4. The van der Waals surface area contributed by atoms with Crippen molar-refractivity contribution in [3.63, 3.8) is 0 Å². The van der Waals surface area contributed by atoms with Gasteiger partial charge in [0.15, 0.2) is 0 Å². The molecule has 6 heteroatoms. The third-order valence-electron chi connectivity index (χ3n) is 5.77. The van der Waals surface area contributed by atoms with E-state index in [1.807, 2.05) is 4.90 Å². The number of nitrogens with zero attached hydrogens (tertiary/aromatic N) is 2. The van der Waals surface area contributed by atoms with Crippen molar-refractivity contribution < 1.29 is 9.53 Å². The molecule has 2 amide bonds. The lowest BCUT2D eigenvalue weighted by Crippen LogP contribution is -2.46. The molecule has 2 atom stereocenters. The summed E-state index contributed by atoms with van der Waals surface area (Å²) >= 11 is 6.05. The van der Waals surface area contributed by atoms with E-state index in [0.29, 0.717) is 22.4 Å². The number of likely N-dealkylation sites (tertiary alicyclic amines) is 2. The molecule has 0 bridgehead atoms. The second-order valence-corrected chi connectivity index (χ2v) is 8.81. The molecule has 0 aliphatic carbocycles. The van der Waals surface area contributed by atoms with Gasteiger partial charge in [-0.25, -0.2) is 4.79 Å². The van der Waals surface area contributed by atoms with Gasteiger partial charge in [-0.2, -0.15) is 0 Å². The number of carbonyl (C=O) groups excluding carboxylic acids is 1. The summed E-state index contributed by atoms with van der Waals surface area (Å²) in [4.78, 5) is 17.2. The minimum atomic E-state index is -0.0748. The van der Waals surface area contributed by atoms with Crippen molar-refractivity contribution in [3.05, 3.63) is 23.2 Å². The molecule has 5 nitrogen and oxygen atoms in total. The maximum absolute atomic E-state index is 12.6. The molecule has 2 aliphatic heterocycles. The van der Waals surface area contributed by atoms with E-state index in [4.69, 9.17) is 16.3 Å². The topological polar surface area (TPSA) is 44.8 Å². The van der Waals surface area contributed by atoms with Gasteiger partial charge in [0.2, 0.25) is 0 Å². The van der Waals surface area contributed by atoms with Crippen LogP contribution in [0.15, 0.2) is 18.2 Å². The van der Waals surface area contributed by atoms with Crippen LogP contribution in [0.4, 0.5) is 10.5 Å². The number of amides is 2. The number of benzene rings is 1. The van der Waals surface area contributed by atoms with Crippen LogP contribution < -0.4 is 10.1 Å². The SMILES string of the molecule is COc1ccc(Cl)cc1NC(=O)N1CCC(CN2C[C@@H](C)C[C@H](C)C2)CC1. The summed E-state index contributed by atoms with van der Waals surface area (Å²) in [5, 5.41) is 3.53. The molecule has 2 fully saturated rings. The Morgan fingerprint density at radius 3 is 2.52 bits per heavy atom. The summed E-state index contributed by atoms with van der Waals surface area (Å²) < 4.78 is 5.31. The molecule has 0 spiro atoms. The monoisotopic (exact) mass is 393 g/mol. The van der Waals surface area contributed by atoms with E-state index in [1.54, 1.807) is 25.3 Å². The van der Waals surface area contributed by atoms with Crippen LogP contribution in [0.3, 0.4) is 0 Å². The molecular weight excluding hydrogens is 362 g/mol. The van der Waals surface area contributed by atoms with Crippen molar-refractivity contribution in [1.82, 2.24) is 9.80 Å². The van der Waals surface area contributed by atoms with Crippen LogP contribution in [0.2, 0.25) is 5.02 Å². The van der Waals surface area contributed by atoms with Gasteiger partial charge in [-0.15, -0.1) is 0 Å². The first kappa shape index (κ1) is 20.3. The summed E-state index contributed by atoms with van der Waals surface area (Å²) in [7, 11) is 1.59. The van der Waals surface area contributed by atoms with Crippen LogP contribution in [0, 0.1) is 17.8 Å². The van der Waals surface area contributed by atoms with Crippen molar-refractivity contribution in [1.29, 1.82) is 0 Å². The van der Waals surface area contributed by atoms with Crippen molar-refractivity contribution >= 4 is 23.3 Å². The maximum Gasteiger partial charge on any atom is 0.321 e. The number of nitrogens with one attached hydrogen (secondary N) is 1. The minimum Gasteiger partial charge on any atom is -0.495 e. The zero-order valence-corrected chi connectivity index (χ0v) is 17.5. The fraction of sp³-hybridized carbons (Fsp3) is 0.667. The third kappa shape index (κ3) is 5.52. The van der Waals surface area contributed by atoms with E-state index < -0.39 is 0 Å². The van der Waals surface area contributed by atoms with Gasteiger partial charge in [0.1, 0.15) is 5.75 Å². The van der Waals surface area contributed by atoms with Gasteiger partial charge in [0.05, 0.1) is 12.8 Å². The van der Waals surface area contributed by atoms with Crippen LogP contribution in [-0.4, -0.2) is 55.7 Å². The number of anilines is 1. The Morgan fingerprint density at radius 1 is 1.22 bits per heavy atom. The number of methoxy groups -OCH3 is 1. The third-order valence-corrected chi connectivity index (χ3v) is 6.00. The predicted octanol–water partition coefficient (Wildman–Crippen LogP) is 4.57. The summed E-state index contributed by atoms with van der Waals surface area (Å²) in [6.07, 6.45) is 3.49. The molecule has 2 aliphatic rings. The smallest absolute Gasteiger partial charge is 0.321 e. The Labute approximate surface area is 168 Å². The normalized spacial score (nSPS) is 24.7. The number of urea groups is 1. The fourth-order valence-electron chi connectivity index (χ4n) is 4.60. The predicted molar refractivity (Wildman–Crippen MR) is 111 cm³/mol. The lowest BCUT2D eigenvalue weighted by atomic mass is 9.89. The Balaban J connectivity index is 1.49. The first-order valence-electron chi connectivity index (χ1n) is 10.1. The number of carbonyl (C=O) groups is 1. The van der Waals surface area contributed by atoms with E-state index in [2.05, 4.69) is 24.1 Å². The molecule has 2 heterocycles. The Kier molecular flexibility index (Phi) is 6.88. The number of hydrogen-bond acceptors (Lipinski definition) is 3. The molecule has 1 N–H and O–H groups in total. The van der Waals surface area contributed by atoms with Crippen molar-refractivity contribution in [2.75, 3.05) is 45.2 Å². The number of ether oxygens (including phenoxy) is 1. The molecule has 1 aromatic carbocycles. The quantitative estimate of drug-likeness (QED) is 0.814. The van der Waals surface area contributed by atoms with Gasteiger partial charge < -0.3 is 19.9 Å². The highest BCUT2D eigenvalue weighted by Crippen LogP contribution is 2.29. The van der Waals surface area contributed by atoms with Crippen molar-refractivity contribution in [2.24, 2.45) is 17.8 Å². The van der Waals surface area contributed by atoms with Gasteiger partial charge in [-0.1, -0.05) is 25.4 Å². The van der Waals surface area contributed by atoms with E-state index in [9.17, 15) is 4.79 Å². The standard InChI is InChI=1S/C21H32ClN3O2/c1-15-10-16(2)13-24(12-15)14-17-6-8-25(9-7-17)21(26)23-19-11-18(22)4-5-20(19)27-3/h4-5,11,15-17H,6-10,12-14H2,1-3H3,(H,23,26)/t15-,16-/m0/s1. The molecule has 0 unspecified atom stereocenters. The summed E-state index contributed by atoms with van der Waals surface area (Å²) in [6.45, 7) is 9.95. The zero-order valence-electron chi connectivity index (χ0n) is 16.7. The molecule has 0 aromatic heterocycles. The van der Waals surface area contributed by atoms with E-state index in [-0.39, 0.29) is 6.03 Å². The average Bonchev–Trinajstić information content (AvgIpc) is 2.61. The van der Waals surface area contributed by atoms with Gasteiger partial charge in [0, 0.05) is 37.7 Å². The van der Waals surface area contributed by atoms with Gasteiger partial charge >= 0.3 is 6.03 Å². The lowest BCUT2D eigenvalue weighted by molar-refractivity contribution is 0.101. The maximum atomic E-state index is 12.6. The first-order valence-corrected chi connectivity index (χ1v) is 10.4. The van der Waals surface area contributed by atoms with E-state index in [1.165, 1.54) is 26.1 Å². The molecule has 1 aromatic rings. The number of rotatable bonds is 4. The highest BCUT2D eigenvalue weighted by molar-refractivity contribution is 6.31. The second kappa shape index (κ2) is 9.16. The van der Waals surface area contributed by atoms with E-state index >= 15 is 0 Å². The largest absolute Gasteiger partial charge is 0.495 e. The van der Waals surface area contributed by atoms with E-state index in [0.717, 1.165) is 37.8 Å². The van der Waals surface area contributed by atoms with Crippen molar-refractivity contribution in [2.45, 2.75) is 33.1 Å². The van der Waals surface area contributed by atoms with Crippen LogP contribution in [0.5, 0.6) is 5.75 Å². The molecule has 3 rings (SSSR count). The number of piperidine rings is 2. The Morgan fingerprint density at radius 2 is 1.89 bits per heavy atom. The van der Waals surface area contributed by atoms with Gasteiger partial charge in [0.25, 0.3) is 0 Å². The molecule has 0 saturated carbocycles. The van der Waals surface area contributed by atoms with Crippen molar-refractivity contribution in [3.8, 4) is 5.75 Å². The molecule has 150 valence electrons. The molecule has 2 saturated heterocycles. The molecule has 0 radical (unpaired) electrons. The summed E-state index contributed by atoms with van der Waals surface area (Å²) in [6, 6.07) is 5.17. The highest BCUT2D eigenvalue weighted by atomic mass is 35.5.